The average molecular weight is 241 g/mol. The number of rotatable bonds is 3. The number of anilines is 1. The second kappa shape index (κ2) is 5.89. The van der Waals surface area contributed by atoms with Crippen molar-refractivity contribution in [1.29, 1.82) is 0 Å². The van der Waals surface area contributed by atoms with E-state index >= 15 is 0 Å². The summed E-state index contributed by atoms with van der Waals surface area (Å²) in [5, 5.41) is 2.10. The highest BCUT2D eigenvalue weighted by molar-refractivity contribution is 5.99. The molecular weight excluding hydrogens is 231 g/mol. The van der Waals surface area contributed by atoms with Gasteiger partial charge in [-0.05, 0) is 6.92 Å². The number of carbonyl (C=O) groups excluding carboxylic acids is 1. The zero-order valence-electron chi connectivity index (χ0n) is 9.01. The first kappa shape index (κ1) is 13.0. The van der Waals surface area contributed by atoms with E-state index in [0.29, 0.717) is 12.1 Å². The molecular formula is C12H10F3NO. The zero-order valence-corrected chi connectivity index (χ0v) is 9.01. The molecule has 0 fully saturated rings. The van der Waals surface area contributed by atoms with Crippen molar-refractivity contribution in [3.63, 3.8) is 0 Å². The predicted molar refractivity (Wildman–Crippen MR) is 58.9 cm³/mol. The van der Waals surface area contributed by atoms with E-state index in [1.54, 1.807) is 19.1 Å². The fraction of sp³-hybridized carbons (Fsp3) is 0.0833. The van der Waals surface area contributed by atoms with Crippen LogP contribution in [0.4, 0.5) is 18.9 Å². The fourth-order valence-electron chi connectivity index (χ4n) is 1.05. The van der Waals surface area contributed by atoms with Gasteiger partial charge in [0, 0.05) is 18.2 Å². The van der Waals surface area contributed by atoms with Gasteiger partial charge in [0.05, 0.1) is 5.69 Å². The zero-order chi connectivity index (χ0) is 12.8. The number of hydrogen-bond donors (Lipinski definition) is 1. The van der Waals surface area contributed by atoms with E-state index in [4.69, 9.17) is 0 Å². The SMILES string of the molecule is CC=CC=CC(=O)Nc1cc(F)c(F)cc1F. The summed E-state index contributed by atoms with van der Waals surface area (Å²) in [4.78, 5) is 11.2. The van der Waals surface area contributed by atoms with Crippen LogP contribution in [-0.2, 0) is 4.79 Å². The van der Waals surface area contributed by atoms with Crippen LogP contribution >= 0.6 is 0 Å². The third kappa shape index (κ3) is 3.79. The molecule has 1 rings (SSSR count). The van der Waals surface area contributed by atoms with Gasteiger partial charge in [-0.3, -0.25) is 4.79 Å². The number of amides is 1. The summed E-state index contributed by atoms with van der Waals surface area (Å²) in [5.41, 5.74) is -0.404. The molecule has 0 saturated heterocycles. The third-order valence-corrected chi connectivity index (χ3v) is 1.82. The van der Waals surface area contributed by atoms with Crippen molar-refractivity contribution in [2.75, 3.05) is 5.32 Å². The molecule has 0 aliphatic rings. The minimum absolute atomic E-state index is 0.376. The van der Waals surface area contributed by atoms with Crippen molar-refractivity contribution in [1.82, 2.24) is 0 Å². The lowest BCUT2D eigenvalue weighted by Crippen LogP contribution is -2.10. The maximum Gasteiger partial charge on any atom is 0.248 e. The molecule has 1 aromatic carbocycles. The molecule has 1 N–H and O–H groups in total. The lowest BCUT2D eigenvalue weighted by Gasteiger charge is -2.04. The maximum absolute atomic E-state index is 13.1. The van der Waals surface area contributed by atoms with Gasteiger partial charge in [-0.2, -0.15) is 0 Å². The Balaban J connectivity index is 2.82. The third-order valence-electron chi connectivity index (χ3n) is 1.82. The van der Waals surface area contributed by atoms with Crippen LogP contribution in [0.15, 0.2) is 36.4 Å². The largest absolute Gasteiger partial charge is 0.320 e. The number of halogens is 3. The Morgan fingerprint density at radius 2 is 1.76 bits per heavy atom. The molecule has 0 spiro atoms. The summed E-state index contributed by atoms with van der Waals surface area (Å²) >= 11 is 0. The highest BCUT2D eigenvalue weighted by atomic mass is 19.2. The van der Waals surface area contributed by atoms with Crippen LogP contribution in [0.3, 0.4) is 0 Å². The van der Waals surface area contributed by atoms with E-state index in [-0.39, 0.29) is 0 Å². The summed E-state index contributed by atoms with van der Waals surface area (Å²) in [7, 11) is 0. The molecule has 0 aliphatic carbocycles. The van der Waals surface area contributed by atoms with Crippen LogP contribution in [0.5, 0.6) is 0 Å². The highest BCUT2D eigenvalue weighted by Crippen LogP contribution is 2.18. The number of carbonyl (C=O) groups is 1. The van der Waals surface area contributed by atoms with Crippen molar-refractivity contribution in [3.8, 4) is 0 Å². The second-order valence-electron chi connectivity index (χ2n) is 3.12. The van der Waals surface area contributed by atoms with Crippen molar-refractivity contribution in [3.05, 3.63) is 53.9 Å². The summed E-state index contributed by atoms with van der Waals surface area (Å²) in [6.07, 6.45) is 5.87. The summed E-state index contributed by atoms with van der Waals surface area (Å²) in [5.74, 6) is -4.19. The molecule has 0 aliphatic heterocycles. The van der Waals surface area contributed by atoms with Crippen LogP contribution in [0, 0.1) is 17.5 Å². The maximum atomic E-state index is 13.1. The van der Waals surface area contributed by atoms with Crippen molar-refractivity contribution >= 4 is 11.6 Å². The normalized spacial score (nSPS) is 11.3. The molecule has 0 atom stereocenters. The van der Waals surface area contributed by atoms with E-state index in [0.717, 1.165) is 6.08 Å². The molecule has 5 heteroatoms. The van der Waals surface area contributed by atoms with Gasteiger partial charge >= 0.3 is 0 Å². The summed E-state index contributed by atoms with van der Waals surface area (Å²) in [6.45, 7) is 1.76. The molecule has 0 bridgehead atoms. The van der Waals surface area contributed by atoms with Crippen molar-refractivity contribution in [2.45, 2.75) is 6.92 Å². The standard InChI is InChI=1S/C12H10F3NO/c1-2-3-4-5-12(17)16-11-7-9(14)8(13)6-10(11)15/h2-7H,1H3,(H,16,17). The lowest BCUT2D eigenvalue weighted by atomic mass is 10.2. The molecule has 0 saturated carbocycles. The molecule has 1 aromatic rings. The minimum atomic E-state index is -1.30. The van der Waals surface area contributed by atoms with Crippen LogP contribution < -0.4 is 5.32 Å². The first-order valence-corrected chi connectivity index (χ1v) is 4.79. The second-order valence-corrected chi connectivity index (χ2v) is 3.12. The Morgan fingerprint density at radius 3 is 2.41 bits per heavy atom. The predicted octanol–water partition coefficient (Wildman–Crippen LogP) is 3.17. The van der Waals surface area contributed by atoms with Gasteiger partial charge < -0.3 is 5.32 Å². The van der Waals surface area contributed by atoms with E-state index < -0.39 is 29.0 Å². The van der Waals surface area contributed by atoms with Gasteiger partial charge in [0.15, 0.2) is 11.6 Å². The summed E-state index contributed by atoms with van der Waals surface area (Å²) < 4.78 is 38.5. The first-order chi connectivity index (χ1) is 8.04. The molecule has 1 amide bonds. The molecule has 0 aromatic heterocycles. The smallest absolute Gasteiger partial charge is 0.248 e. The van der Waals surface area contributed by atoms with Gasteiger partial charge in [0.25, 0.3) is 0 Å². The number of hydrogen-bond acceptors (Lipinski definition) is 1. The molecule has 2 nitrogen and oxygen atoms in total. The van der Waals surface area contributed by atoms with Crippen molar-refractivity contribution in [2.24, 2.45) is 0 Å². The molecule has 0 unspecified atom stereocenters. The van der Waals surface area contributed by atoms with Gasteiger partial charge in [-0.25, -0.2) is 13.2 Å². The van der Waals surface area contributed by atoms with Gasteiger partial charge in [0.2, 0.25) is 5.91 Å². The van der Waals surface area contributed by atoms with E-state index in [1.807, 2.05) is 0 Å². The lowest BCUT2D eigenvalue weighted by molar-refractivity contribution is -0.111. The number of benzene rings is 1. The van der Waals surface area contributed by atoms with Crippen LogP contribution in [0.25, 0.3) is 0 Å². The van der Waals surface area contributed by atoms with Gasteiger partial charge in [0.1, 0.15) is 5.82 Å². The monoisotopic (exact) mass is 241 g/mol. The Labute approximate surface area is 96.4 Å². The summed E-state index contributed by atoms with van der Waals surface area (Å²) in [6, 6.07) is 0.965. The van der Waals surface area contributed by atoms with E-state index in [9.17, 15) is 18.0 Å². The van der Waals surface area contributed by atoms with Gasteiger partial charge in [-0.1, -0.05) is 18.2 Å². The Hall–Kier alpha value is -2.04. The Morgan fingerprint density at radius 1 is 1.12 bits per heavy atom. The topological polar surface area (TPSA) is 29.1 Å². The van der Waals surface area contributed by atoms with Gasteiger partial charge in [-0.15, -0.1) is 0 Å². The minimum Gasteiger partial charge on any atom is -0.320 e. The molecule has 0 heterocycles. The first-order valence-electron chi connectivity index (χ1n) is 4.79. The average Bonchev–Trinajstić information content (AvgIpc) is 2.26. The quantitative estimate of drug-likeness (QED) is 0.491. The van der Waals surface area contributed by atoms with Crippen LogP contribution in [-0.4, -0.2) is 5.91 Å². The molecule has 17 heavy (non-hydrogen) atoms. The van der Waals surface area contributed by atoms with E-state index in [2.05, 4.69) is 5.32 Å². The highest BCUT2D eigenvalue weighted by Gasteiger charge is 2.10. The number of allylic oxidation sites excluding steroid dienone is 3. The fourth-order valence-corrected chi connectivity index (χ4v) is 1.05. The Bertz CT molecular complexity index is 481. The van der Waals surface area contributed by atoms with E-state index in [1.165, 1.54) is 6.08 Å². The number of nitrogens with one attached hydrogen (secondary N) is 1. The van der Waals surface area contributed by atoms with Crippen molar-refractivity contribution < 1.29 is 18.0 Å². The van der Waals surface area contributed by atoms with Crippen LogP contribution in [0.2, 0.25) is 0 Å². The Kier molecular flexibility index (Phi) is 4.51. The van der Waals surface area contributed by atoms with Crippen LogP contribution in [0.1, 0.15) is 6.92 Å². The molecule has 90 valence electrons. The molecule has 0 radical (unpaired) electrons.